The average Bonchev–Trinajstić information content (AvgIpc) is 2.89. The third-order valence-corrected chi connectivity index (χ3v) is 3.94. The molecule has 0 bridgehead atoms. The number of hydrogen-bond donors (Lipinski definition) is 1. The van der Waals surface area contributed by atoms with E-state index in [1.165, 1.54) is 31.4 Å². The van der Waals surface area contributed by atoms with E-state index in [0.29, 0.717) is 16.5 Å². The molecule has 2 heterocycles. The summed E-state index contributed by atoms with van der Waals surface area (Å²) in [7, 11) is 2.47. The maximum atomic E-state index is 12.5. The van der Waals surface area contributed by atoms with E-state index in [2.05, 4.69) is 4.98 Å². The minimum atomic E-state index is -0.705. The fourth-order valence-electron chi connectivity index (χ4n) is 2.77. The second kappa shape index (κ2) is 7.10. The molecule has 0 aliphatic carbocycles. The van der Waals surface area contributed by atoms with Crippen molar-refractivity contribution in [1.82, 2.24) is 4.98 Å². The Morgan fingerprint density at radius 3 is 2.50 bits per heavy atom. The molecule has 0 saturated heterocycles. The van der Waals surface area contributed by atoms with Gasteiger partial charge in [0.15, 0.2) is 0 Å². The first-order valence-electron chi connectivity index (χ1n) is 7.74. The van der Waals surface area contributed by atoms with Crippen molar-refractivity contribution in [3.8, 4) is 0 Å². The number of pyridine rings is 1. The first-order chi connectivity index (χ1) is 12.6. The number of aromatic amines is 1. The lowest BCUT2D eigenvalue weighted by atomic mass is 10.1. The topological polar surface area (TPSA) is 88.7 Å². The van der Waals surface area contributed by atoms with Gasteiger partial charge in [-0.15, -0.1) is 0 Å². The van der Waals surface area contributed by atoms with Gasteiger partial charge in [0.25, 0.3) is 5.56 Å². The van der Waals surface area contributed by atoms with Crippen molar-refractivity contribution in [2.75, 3.05) is 19.1 Å². The summed E-state index contributed by atoms with van der Waals surface area (Å²) in [6.07, 6.45) is 7.91. The smallest absolute Gasteiger partial charge is 0.355 e. The molecule has 1 aromatic heterocycles. The molecule has 0 amide bonds. The molecule has 0 fully saturated rings. The number of carbonyl (C=O) groups is 2. The number of rotatable bonds is 3. The molecule has 0 saturated carbocycles. The largest absolute Gasteiger partial charge is 0.465 e. The molecule has 1 aromatic carbocycles. The van der Waals surface area contributed by atoms with Crippen LogP contribution in [-0.2, 0) is 19.1 Å². The first-order valence-corrected chi connectivity index (χ1v) is 7.74. The van der Waals surface area contributed by atoms with Crippen LogP contribution in [0.3, 0.4) is 0 Å². The van der Waals surface area contributed by atoms with Crippen molar-refractivity contribution >= 4 is 28.4 Å². The molecule has 1 aliphatic heterocycles. The van der Waals surface area contributed by atoms with Crippen LogP contribution in [0.25, 0.3) is 10.8 Å². The van der Waals surface area contributed by atoms with Crippen LogP contribution < -0.4 is 10.5 Å². The number of esters is 2. The van der Waals surface area contributed by atoms with Crippen LogP contribution in [0.1, 0.15) is 0 Å². The maximum absolute atomic E-state index is 12.5. The van der Waals surface area contributed by atoms with Gasteiger partial charge >= 0.3 is 11.9 Å². The number of carbonyl (C=O) groups excluding carboxylic acids is 2. The van der Waals surface area contributed by atoms with Gasteiger partial charge < -0.3 is 19.4 Å². The Bertz CT molecular complexity index is 1030. The molecule has 1 N–H and O–H groups in total. The molecule has 26 heavy (non-hydrogen) atoms. The number of benzene rings is 1. The molecule has 7 heteroatoms. The molecule has 0 spiro atoms. The number of anilines is 1. The van der Waals surface area contributed by atoms with Crippen molar-refractivity contribution in [3.05, 3.63) is 76.5 Å². The molecule has 0 unspecified atom stereocenters. The Morgan fingerprint density at radius 2 is 1.77 bits per heavy atom. The quantitative estimate of drug-likeness (QED) is 0.850. The molecular formula is C19H16N2O5. The van der Waals surface area contributed by atoms with E-state index in [0.717, 1.165) is 0 Å². The summed E-state index contributed by atoms with van der Waals surface area (Å²) in [5.41, 5.74) is 0.344. The van der Waals surface area contributed by atoms with Crippen LogP contribution in [0.2, 0.25) is 0 Å². The Balaban J connectivity index is 2.32. The molecule has 0 atom stereocenters. The van der Waals surface area contributed by atoms with Gasteiger partial charge in [0.2, 0.25) is 0 Å². The molecule has 1 aliphatic rings. The molecule has 132 valence electrons. The fraction of sp³-hybridized carbons (Fsp3) is 0.105. The Labute approximate surface area is 148 Å². The lowest BCUT2D eigenvalue weighted by Crippen LogP contribution is -2.27. The third kappa shape index (κ3) is 2.90. The number of hydrogen-bond acceptors (Lipinski definition) is 6. The number of H-pyrrole nitrogens is 1. The predicted octanol–water partition coefficient (Wildman–Crippen LogP) is 2.02. The normalized spacial score (nSPS) is 13.7. The highest BCUT2D eigenvalue weighted by molar-refractivity contribution is 6.07. The summed E-state index contributed by atoms with van der Waals surface area (Å²) >= 11 is 0. The third-order valence-electron chi connectivity index (χ3n) is 3.94. The highest BCUT2D eigenvalue weighted by Crippen LogP contribution is 2.31. The van der Waals surface area contributed by atoms with Crippen LogP contribution in [0.5, 0.6) is 0 Å². The minimum absolute atomic E-state index is 0.00266. The second-order valence-corrected chi connectivity index (χ2v) is 5.36. The maximum Gasteiger partial charge on any atom is 0.355 e. The SMILES string of the molecule is COC(=O)C1=C(C(=O)OC)N(c2cccc3c(=O)[nH]ccc23)C=CC=C1. The Kier molecular flexibility index (Phi) is 4.70. The average molecular weight is 352 g/mol. The zero-order chi connectivity index (χ0) is 18.7. The lowest BCUT2D eigenvalue weighted by molar-refractivity contribution is -0.139. The first kappa shape index (κ1) is 17.2. The van der Waals surface area contributed by atoms with Crippen LogP contribution in [0.4, 0.5) is 5.69 Å². The standard InChI is InChI=1S/C19H16N2O5/c1-25-18(23)14-6-3-4-11-21(16(14)19(24)26-2)15-8-5-7-13-12(15)9-10-20-17(13)22/h3-11H,1-2H3,(H,20,22). The number of fused-ring (bicyclic) bond motifs is 1. The van der Waals surface area contributed by atoms with Crippen molar-refractivity contribution in [2.45, 2.75) is 0 Å². The van der Waals surface area contributed by atoms with Crippen molar-refractivity contribution < 1.29 is 19.1 Å². The van der Waals surface area contributed by atoms with E-state index in [4.69, 9.17) is 9.47 Å². The zero-order valence-corrected chi connectivity index (χ0v) is 14.2. The fourth-order valence-corrected chi connectivity index (χ4v) is 2.77. The summed E-state index contributed by atoms with van der Waals surface area (Å²) in [4.78, 5) is 40.9. The van der Waals surface area contributed by atoms with Gasteiger partial charge in [-0.2, -0.15) is 0 Å². The van der Waals surface area contributed by atoms with Crippen LogP contribution >= 0.6 is 0 Å². The van der Waals surface area contributed by atoms with Gasteiger partial charge in [-0.1, -0.05) is 12.1 Å². The van der Waals surface area contributed by atoms with Gasteiger partial charge in [-0.3, -0.25) is 4.79 Å². The zero-order valence-electron chi connectivity index (χ0n) is 14.2. The van der Waals surface area contributed by atoms with Crippen LogP contribution in [-0.4, -0.2) is 31.1 Å². The number of methoxy groups -OCH3 is 2. The highest BCUT2D eigenvalue weighted by Gasteiger charge is 2.28. The van der Waals surface area contributed by atoms with Gasteiger partial charge in [-0.05, 0) is 30.4 Å². The van der Waals surface area contributed by atoms with E-state index < -0.39 is 11.9 Å². The predicted molar refractivity (Wildman–Crippen MR) is 96.4 cm³/mol. The number of nitrogens with one attached hydrogen (secondary N) is 1. The minimum Gasteiger partial charge on any atom is -0.465 e. The number of allylic oxidation sites excluding steroid dienone is 2. The van der Waals surface area contributed by atoms with Gasteiger partial charge in [0, 0.05) is 23.2 Å². The Hall–Kier alpha value is -3.61. The summed E-state index contributed by atoms with van der Waals surface area (Å²) in [6.45, 7) is 0. The van der Waals surface area contributed by atoms with E-state index in [1.54, 1.807) is 42.6 Å². The van der Waals surface area contributed by atoms with Crippen molar-refractivity contribution in [3.63, 3.8) is 0 Å². The number of ether oxygens (including phenoxy) is 2. The van der Waals surface area contributed by atoms with E-state index >= 15 is 0 Å². The second-order valence-electron chi connectivity index (χ2n) is 5.36. The van der Waals surface area contributed by atoms with Gasteiger partial charge in [-0.25, -0.2) is 9.59 Å². The van der Waals surface area contributed by atoms with Crippen LogP contribution in [0.15, 0.2) is 71.0 Å². The van der Waals surface area contributed by atoms with Gasteiger partial charge in [0.1, 0.15) is 5.70 Å². The summed E-state index contributed by atoms with van der Waals surface area (Å²) < 4.78 is 9.67. The van der Waals surface area contributed by atoms with Crippen molar-refractivity contribution in [1.29, 1.82) is 0 Å². The Morgan fingerprint density at radius 1 is 1.00 bits per heavy atom. The van der Waals surface area contributed by atoms with Crippen LogP contribution in [0, 0.1) is 0 Å². The molecule has 3 rings (SSSR count). The summed E-state index contributed by atoms with van der Waals surface area (Å²) in [5, 5.41) is 1.08. The number of nitrogens with zero attached hydrogens (tertiary/aromatic N) is 1. The van der Waals surface area contributed by atoms with E-state index in [-0.39, 0.29) is 16.8 Å². The lowest BCUT2D eigenvalue weighted by Gasteiger charge is -2.24. The monoisotopic (exact) mass is 352 g/mol. The summed E-state index contributed by atoms with van der Waals surface area (Å²) in [6, 6.07) is 6.85. The van der Waals surface area contributed by atoms with E-state index in [1.807, 2.05) is 0 Å². The molecule has 0 radical (unpaired) electrons. The van der Waals surface area contributed by atoms with E-state index in [9.17, 15) is 14.4 Å². The van der Waals surface area contributed by atoms with Crippen molar-refractivity contribution in [2.24, 2.45) is 0 Å². The number of aromatic nitrogens is 1. The molecule has 7 nitrogen and oxygen atoms in total. The molecular weight excluding hydrogens is 336 g/mol. The summed E-state index contributed by atoms with van der Waals surface area (Å²) in [5.74, 6) is -1.38. The van der Waals surface area contributed by atoms with Gasteiger partial charge in [0.05, 0.1) is 25.5 Å². The molecule has 2 aromatic rings. The highest BCUT2D eigenvalue weighted by atomic mass is 16.5.